The largest absolute Gasteiger partial charge is 0.325 e. The van der Waals surface area contributed by atoms with Gasteiger partial charge < -0.3 is 5.32 Å². The minimum Gasteiger partial charge on any atom is -0.325 e. The van der Waals surface area contributed by atoms with Crippen molar-refractivity contribution in [2.24, 2.45) is 0 Å². The second-order valence-electron chi connectivity index (χ2n) is 5.23. The Labute approximate surface area is 151 Å². The molecule has 2 aromatic carbocycles. The number of nitrogens with zero attached hydrogens (tertiary/aromatic N) is 1. The smallest absolute Gasteiger partial charge is 0.261 e. The molecule has 0 bridgehead atoms. The number of rotatable bonds is 4. The first-order valence-electron chi connectivity index (χ1n) is 7.17. The van der Waals surface area contributed by atoms with E-state index in [1.165, 1.54) is 0 Å². The Bertz CT molecular complexity index is 818. The Morgan fingerprint density at radius 1 is 1.08 bits per heavy atom. The Morgan fingerprint density at radius 2 is 1.71 bits per heavy atom. The molecule has 5 nitrogen and oxygen atoms in total. The van der Waals surface area contributed by atoms with Crippen LogP contribution in [0.3, 0.4) is 0 Å². The van der Waals surface area contributed by atoms with Crippen LogP contribution in [0.5, 0.6) is 0 Å². The van der Waals surface area contributed by atoms with Crippen LogP contribution in [0.15, 0.2) is 46.9 Å². The van der Waals surface area contributed by atoms with Crippen molar-refractivity contribution in [1.29, 1.82) is 0 Å². The summed E-state index contributed by atoms with van der Waals surface area (Å²) in [5.74, 6) is -1.06. The van der Waals surface area contributed by atoms with Crippen molar-refractivity contribution >= 4 is 50.9 Å². The van der Waals surface area contributed by atoms with Crippen molar-refractivity contribution in [3.05, 3.63) is 63.1 Å². The quantitative estimate of drug-likeness (QED) is 0.785. The number of fused-ring (bicyclic) bond motifs is 1. The van der Waals surface area contributed by atoms with E-state index in [4.69, 9.17) is 11.6 Å². The molecule has 0 saturated heterocycles. The molecule has 3 rings (SSSR count). The number of hydrogen-bond acceptors (Lipinski definition) is 3. The van der Waals surface area contributed by atoms with Gasteiger partial charge >= 0.3 is 0 Å². The first-order valence-corrected chi connectivity index (χ1v) is 8.34. The highest BCUT2D eigenvalue weighted by atomic mass is 79.9. The van der Waals surface area contributed by atoms with Gasteiger partial charge in [0, 0.05) is 17.4 Å². The minimum atomic E-state index is -0.370. The van der Waals surface area contributed by atoms with Crippen LogP contribution >= 0.6 is 27.5 Å². The number of carbonyl (C=O) groups excluding carboxylic acids is 3. The molecular weight excluding hydrogens is 396 g/mol. The van der Waals surface area contributed by atoms with E-state index in [-0.39, 0.29) is 30.7 Å². The number of nitrogens with one attached hydrogen (secondary N) is 1. The molecule has 1 heterocycles. The molecule has 0 aromatic heterocycles. The van der Waals surface area contributed by atoms with Gasteiger partial charge in [0.05, 0.1) is 21.8 Å². The van der Waals surface area contributed by atoms with Crippen molar-refractivity contribution in [1.82, 2.24) is 4.90 Å². The first-order chi connectivity index (χ1) is 11.5. The molecule has 1 N–H and O–H groups in total. The summed E-state index contributed by atoms with van der Waals surface area (Å²) < 4.78 is 0.802. The number of benzene rings is 2. The topological polar surface area (TPSA) is 66.5 Å². The summed E-state index contributed by atoms with van der Waals surface area (Å²) in [7, 11) is 0. The van der Waals surface area contributed by atoms with E-state index in [9.17, 15) is 14.4 Å². The van der Waals surface area contributed by atoms with Gasteiger partial charge in [-0.05, 0) is 30.3 Å². The Morgan fingerprint density at radius 3 is 2.29 bits per heavy atom. The lowest BCUT2D eigenvalue weighted by Crippen LogP contribution is -2.32. The summed E-state index contributed by atoms with van der Waals surface area (Å²) in [5, 5.41) is 3.07. The molecule has 1 aliphatic heterocycles. The number of hydrogen-bond donors (Lipinski definition) is 1. The molecule has 0 fully saturated rings. The number of halogens is 2. The molecule has 7 heteroatoms. The van der Waals surface area contributed by atoms with Gasteiger partial charge in [0.15, 0.2) is 0 Å². The van der Waals surface area contributed by atoms with Crippen molar-refractivity contribution in [3.63, 3.8) is 0 Å². The Hall–Kier alpha value is -2.18. The van der Waals surface area contributed by atoms with Crippen LogP contribution in [0.1, 0.15) is 27.1 Å². The van der Waals surface area contributed by atoms with E-state index in [0.29, 0.717) is 21.8 Å². The van der Waals surface area contributed by atoms with Crippen LogP contribution in [0, 0.1) is 0 Å². The molecule has 0 spiro atoms. The third-order valence-electron chi connectivity index (χ3n) is 3.65. The average Bonchev–Trinajstić information content (AvgIpc) is 2.80. The van der Waals surface area contributed by atoms with Gasteiger partial charge in [-0.15, -0.1) is 0 Å². The molecule has 24 heavy (non-hydrogen) atoms. The number of amides is 3. The monoisotopic (exact) mass is 406 g/mol. The molecule has 0 aliphatic carbocycles. The zero-order valence-electron chi connectivity index (χ0n) is 12.4. The number of carbonyl (C=O) groups is 3. The van der Waals surface area contributed by atoms with Gasteiger partial charge in [-0.3, -0.25) is 19.3 Å². The summed E-state index contributed by atoms with van der Waals surface area (Å²) >= 11 is 9.33. The third kappa shape index (κ3) is 3.20. The van der Waals surface area contributed by atoms with Crippen LogP contribution in [-0.4, -0.2) is 29.2 Å². The molecular formula is C17H12BrClN2O3. The lowest BCUT2D eigenvalue weighted by atomic mass is 10.1. The highest BCUT2D eigenvalue weighted by molar-refractivity contribution is 9.10. The SMILES string of the molecule is O=C(CCN1C(=O)c2ccccc2C1=O)Nc1ccc(Br)cc1Cl. The van der Waals surface area contributed by atoms with E-state index in [0.717, 1.165) is 9.37 Å². The zero-order chi connectivity index (χ0) is 17.3. The number of imide groups is 1. The van der Waals surface area contributed by atoms with Gasteiger partial charge in [-0.1, -0.05) is 39.7 Å². The van der Waals surface area contributed by atoms with Gasteiger partial charge in [0.1, 0.15) is 0 Å². The minimum absolute atomic E-state index is 0.00212. The molecule has 3 amide bonds. The highest BCUT2D eigenvalue weighted by Gasteiger charge is 2.34. The van der Waals surface area contributed by atoms with Gasteiger partial charge in [-0.25, -0.2) is 0 Å². The number of anilines is 1. The van der Waals surface area contributed by atoms with E-state index in [1.807, 2.05) is 0 Å². The molecule has 0 radical (unpaired) electrons. The van der Waals surface area contributed by atoms with Gasteiger partial charge in [0.2, 0.25) is 5.91 Å². The predicted molar refractivity (Wildman–Crippen MR) is 94.2 cm³/mol. The standard InChI is InChI=1S/C17H12BrClN2O3/c18-10-5-6-14(13(19)9-10)20-15(22)7-8-21-16(23)11-3-1-2-4-12(11)17(21)24/h1-6,9H,7-8H2,(H,20,22). The second kappa shape index (κ2) is 6.75. The van der Waals surface area contributed by atoms with Crippen LogP contribution < -0.4 is 5.32 Å². The fourth-order valence-corrected chi connectivity index (χ4v) is 3.18. The summed E-state index contributed by atoms with van der Waals surface area (Å²) in [6.45, 7) is 0.0202. The molecule has 0 saturated carbocycles. The maximum absolute atomic E-state index is 12.2. The molecule has 0 atom stereocenters. The summed E-state index contributed by atoms with van der Waals surface area (Å²) in [4.78, 5) is 37.6. The fraction of sp³-hybridized carbons (Fsp3) is 0.118. The zero-order valence-corrected chi connectivity index (χ0v) is 14.7. The Kier molecular flexibility index (Phi) is 4.69. The van der Waals surface area contributed by atoms with Crippen molar-refractivity contribution < 1.29 is 14.4 Å². The van der Waals surface area contributed by atoms with E-state index in [1.54, 1.807) is 42.5 Å². The van der Waals surface area contributed by atoms with E-state index >= 15 is 0 Å². The van der Waals surface area contributed by atoms with Crippen LogP contribution in [-0.2, 0) is 4.79 Å². The van der Waals surface area contributed by atoms with Crippen LogP contribution in [0.2, 0.25) is 5.02 Å². The average molecular weight is 408 g/mol. The normalized spacial score (nSPS) is 13.2. The van der Waals surface area contributed by atoms with E-state index in [2.05, 4.69) is 21.2 Å². The first kappa shape index (κ1) is 16.7. The van der Waals surface area contributed by atoms with Gasteiger partial charge in [0.25, 0.3) is 11.8 Å². The highest BCUT2D eigenvalue weighted by Crippen LogP contribution is 2.26. The van der Waals surface area contributed by atoms with Gasteiger partial charge in [-0.2, -0.15) is 0 Å². The maximum atomic E-state index is 12.2. The predicted octanol–water partition coefficient (Wildman–Crippen LogP) is 3.73. The summed E-state index contributed by atoms with van der Waals surface area (Å²) in [5.41, 5.74) is 1.23. The molecule has 2 aromatic rings. The lowest BCUT2D eigenvalue weighted by molar-refractivity contribution is -0.116. The van der Waals surface area contributed by atoms with Crippen molar-refractivity contribution in [3.8, 4) is 0 Å². The molecule has 122 valence electrons. The van der Waals surface area contributed by atoms with Crippen molar-refractivity contribution in [2.45, 2.75) is 6.42 Å². The van der Waals surface area contributed by atoms with Crippen LogP contribution in [0.4, 0.5) is 5.69 Å². The lowest BCUT2D eigenvalue weighted by Gasteiger charge is -2.14. The maximum Gasteiger partial charge on any atom is 0.261 e. The van der Waals surface area contributed by atoms with Crippen molar-refractivity contribution in [2.75, 3.05) is 11.9 Å². The van der Waals surface area contributed by atoms with Crippen LogP contribution in [0.25, 0.3) is 0 Å². The third-order valence-corrected chi connectivity index (χ3v) is 4.45. The summed E-state index contributed by atoms with van der Waals surface area (Å²) in [6, 6.07) is 11.7. The Balaban J connectivity index is 1.63. The van der Waals surface area contributed by atoms with E-state index < -0.39 is 0 Å². The molecule has 0 unspecified atom stereocenters. The fourth-order valence-electron chi connectivity index (χ4n) is 2.46. The summed E-state index contributed by atoms with van der Waals surface area (Å²) in [6.07, 6.45) is -0.00212. The molecule has 1 aliphatic rings. The second-order valence-corrected chi connectivity index (χ2v) is 6.55.